The molecule has 0 spiro atoms. The summed E-state index contributed by atoms with van der Waals surface area (Å²) in [5.41, 5.74) is 2.02. The molecule has 0 fully saturated rings. The second kappa shape index (κ2) is 13.0. The largest absolute Gasteiger partial charge is 0.497 e. The van der Waals surface area contributed by atoms with Gasteiger partial charge in [-0.2, -0.15) is 0 Å². The molecule has 0 radical (unpaired) electrons. The molecule has 8 nitrogen and oxygen atoms in total. The minimum atomic E-state index is -4.15. The number of nitrogens with zero attached hydrogens (tertiary/aromatic N) is 2. The number of carbonyl (C=O) groups excluding carboxylic acids is 2. The van der Waals surface area contributed by atoms with Crippen molar-refractivity contribution in [3.05, 3.63) is 88.9 Å². The molecule has 39 heavy (non-hydrogen) atoms. The minimum Gasteiger partial charge on any atom is -0.497 e. The molecule has 0 aliphatic carbocycles. The number of ether oxygens (including phenoxy) is 1. The van der Waals surface area contributed by atoms with Crippen LogP contribution in [0, 0.1) is 6.92 Å². The molecule has 0 saturated carbocycles. The first-order chi connectivity index (χ1) is 18.4. The number of aryl methyl sites for hydroxylation is 1. The lowest BCUT2D eigenvalue weighted by Crippen LogP contribution is -2.52. The Morgan fingerprint density at radius 1 is 0.923 bits per heavy atom. The highest BCUT2D eigenvalue weighted by Gasteiger charge is 2.32. The van der Waals surface area contributed by atoms with Crippen molar-refractivity contribution in [1.29, 1.82) is 0 Å². The van der Waals surface area contributed by atoms with Gasteiger partial charge in [0.15, 0.2) is 0 Å². The summed E-state index contributed by atoms with van der Waals surface area (Å²) in [6.45, 7) is 6.75. The van der Waals surface area contributed by atoms with E-state index in [9.17, 15) is 18.0 Å². The van der Waals surface area contributed by atoms with Crippen LogP contribution in [0.5, 0.6) is 5.75 Å². The van der Waals surface area contributed by atoms with Gasteiger partial charge in [-0.25, -0.2) is 8.42 Å². The highest BCUT2D eigenvalue weighted by molar-refractivity contribution is 7.92. The third kappa shape index (κ3) is 7.74. The monoisotopic (exact) mass is 571 g/mol. The molecule has 0 bridgehead atoms. The molecular formula is C29H34ClN3O5S. The zero-order valence-electron chi connectivity index (χ0n) is 22.7. The fourth-order valence-electron chi connectivity index (χ4n) is 3.89. The summed E-state index contributed by atoms with van der Waals surface area (Å²) in [6.07, 6.45) is 0. The van der Waals surface area contributed by atoms with Crippen LogP contribution in [-0.2, 0) is 26.2 Å². The van der Waals surface area contributed by atoms with Gasteiger partial charge in [0, 0.05) is 17.6 Å². The Kier molecular flexibility index (Phi) is 9.99. The second-order valence-electron chi connectivity index (χ2n) is 9.51. The lowest BCUT2D eigenvalue weighted by Gasteiger charge is -2.32. The predicted octanol–water partition coefficient (Wildman–Crippen LogP) is 4.79. The second-order valence-corrected chi connectivity index (χ2v) is 11.8. The third-order valence-corrected chi connectivity index (χ3v) is 8.15. The average molecular weight is 572 g/mol. The normalized spacial score (nSPS) is 12.1. The molecule has 0 aliphatic rings. The van der Waals surface area contributed by atoms with Crippen LogP contribution in [0.4, 0.5) is 5.69 Å². The molecule has 0 heterocycles. The Hall–Kier alpha value is -3.56. The number of benzene rings is 3. The Bertz CT molecular complexity index is 1380. The number of amides is 2. The number of nitrogens with one attached hydrogen (secondary N) is 1. The van der Waals surface area contributed by atoms with E-state index < -0.39 is 28.5 Å². The minimum absolute atomic E-state index is 0.00604. The molecule has 0 unspecified atom stereocenters. The first-order valence-corrected chi connectivity index (χ1v) is 14.3. The maximum atomic E-state index is 13.9. The standard InChI is InChI=1S/C29H34ClN3O5S/c1-20(2)31-29(35)22(4)32(18-23-8-10-24(30)11-9-23)28(34)19-33(25-12-6-21(3)7-13-25)39(36,37)27-16-14-26(38-5)15-17-27/h6-17,20,22H,18-19H2,1-5H3,(H,31,35)/t22-/m0/s1. The number of halogens is 1. The SMILES string of the molecule is COc1ccc(S(=O)(=O)N(CC(=O)N(Cc2ccc(Cl)cc2)[C@@H](C)C(=O)NC(C)C)c2ccc(C)cc2)cc1. The van der Waals surface area contributed by atoms with Crippen LogP contribution < -0.4 is 14.4 Å². The van der Waals surface area contributed by atoms with Gasteiger partial charge in [0.05, 0.1) is 17.7 Å². The van der Waals surface area contributed by atoms with Crippen molar-refractivity contribution in [2.75, 3.05) is 18.0 Å². The highest BCUT2D eigenvalue weighted by atomic mass is 35.5. The number of carbonyl (C=O) groups is 2. The van der Waals surface area contributed by atoms with Crippen molar-refractivity contribution in [3.63, 3.8) is 0 Å². The maximum Gasteiger partial charge on any atom is 0.264 e. The summed E-state index contributed by atoms with van der Waals surface area (Å²) in [5.74, 6) is -0.368. The van der Waals surface area contributed by atoms with Crippen molar-refractivity contribution in [1.82, 2.24) is 10.2 Å². The van der Waals surface area contributed by atoms with Gasteiger partial charge in [0.2, 0.25) is 11.8 Å². The highest BCUT2D eigenvalue weighted by Crippen LogP contribution is 2.26. The van der Waals surface area contributed by atoms with E-state index in [2.05, 4.69) is 5.32 Å². The van der Waals surface area contributed by atoms with E-state index in [4.69, 9.17) is 16.3 Å². The van der Waals surface area contributed by atoms with E-state index in [0.29, 0.717) is 16.5 Å². The van der Waals surface area contributed by atoms with Crippen molar-refractivity contribution in [3.8, 4) is 5.75 Å². The number of anilines is 1. The summed E-state index contributed by atoms with van der Waals surface area (Å²) in [5, 5.41) is 3.37. The lowest BCUT2D eigenvalue weighted by atomic mass is 10.1. The number of methoxy groups -OCH3 is 1. The smallest absolute Gasteiger partial charge is 0.264 e. The summed E-state index contributed by atoms with van der Waals surface area (Å²) >= 11 is 6.03. The molecule has 3 aromatic rings. The molecule has 0 aromatic heterocycles. The lowest BCUT2D eigenvalue weighted by molar-refractivity contribution is -0.139. The number of hydrogen-bond acceptors (Lipinski definition) is 5. The van der Waals surface area contributed by atoms with Crippen LogP contribution in [-0.4, -0.2) is 50.9 Å². The quantitative estimate of drug-likeness (QED) is 0.357. The van der Waals surface area contributed by atoms with E-state index in [1.54, 1.807) is 67.6 Å². The molecule has 3 aromatic carbocycles. The van der Waals surface area contributed by atoms with Gasteiger partial charge in [-0.05, 0) is 81.8 Å². The van der Waals surface area contributed by atoms with Crippen LogP contribution in [0.25, 0.3) is 0 Å². The van der Waals surface area contributed by atoms with Gasteiger partial charge in [-0.15, -0.1) is 0 Å². The summed E-state index contributed by atoms with van der Waals surface area (Å²) in [4.78, 5) is 28.2. The molecule has 10 heteroatoms. The molecule has 2 amide bonds. The summed E-state index contributed by atoms with van der Waals surface area (Å²) in [7, 11) is -2.66. The molecule has 0 aliphatic heterocycles. The molecular weight excluding hydrogens is 538 g/mol. The Morgan fingerprint density at radius 2 is 1.51 bits per heavy atom. The van der Waals surface area contributed by atoms with Gasteiger partial charge >= 0.3 is 0 Å². The van der Waals surface area contributed by atoms with Gasteiger partial charge < -0.3 is 15.0 Å². The van der Waals surface area contributed by atoms with Crippen molar-refractivity contribution >= 4 is 39.1 Å². The van der Waals surface area contributed by atoms with E-state index in [0.717, 1.165) is 15.4 Å². The fraction of sp³-hybridized carbons (Fsp3) is 0.310. The molecule has 1 atom stereocenters. The maximum absolute atomic E-state index is 13.9. The zero-order chi connectivity index (χ0) is 28.7. The number of hydrogen-bond donors (Lipinski definition) is 1. The molecule has 0 saturated heterocycles. The van der Waals surface area contributed by atoms with Crippen LogP contribution in [0.15, 0.2) is 77.7 Å². The van der Waals surface area contributed by atoms with Gasteiger partial charge in [0.25, 0.3) is 10.0 Å². The zero-order valence-corrected chi connectivity index (χ0v) is 24.3. The predicted molar refractivity (Wildman–Crippen MR) is 153 cm³/mol. The first kappa shape index (κ1) is 30.0. The van der Waals surface area contributed by atoms with Crippen LogP contribution in [0.2, 0.25) is 5.02 Å². The van der Waals surface area contributed by atoms with Gasteiger partial charge in [-0.1, -0.05) is 41.4 Å². The van der Waals surface area contributed by atoms with Gasteiger partial charge in [0.1, 0.15) is 18.3 Å². The van der Waals surface area contributed by atoms with Crippen molar-refractivity contribution in [2.45, 2.75) is 51.2 Å². The molecule has 3 rings (SSSR count). The fourth-order valence-corrected chi connectivity index (χ4v) is 5.43. The number of rotatable bonds is 11. The van der Waals surface area contributed by atoms with E-state index >= 15 is 0 Å². The Labute approximate surface area is 235 Å². The topological polar surface area (TPSA) is 96.0 Å². The van der Waals surface area contributed by atoms with Crippen LogP contribution >= 0.6 is 11.6 Å². The Morgan fingerprint density at radius 3 is 2.05 bits per heavy atom. The van der Waals surface area contributed by atoms with E-state index in [1.807, 2.05) is 20.8 Å². The van der Waals surface area contributed by atoms with Crippen molar-refractivity contribution in [2.24, 2.45) is 0 Å². The molecule has 208 valence electrons. The van der Waals surface area contributed by atoms with Gasteiger partial charge in [-0.3, -0.25) is 13.9 Å². The average Bonchev–Trinajstić information content (AvgIpc) is 2.91. The summed E-state index contributed by atoms with van der Waals surface area (Å²) < 4.78 is 33.9. The van der Waals surface area contributed by atoms with E-state index in [-0.39, 0.29) is 23.4 Å². The number of sulfonamides is 1. The van der Waals surface area contributed by atoms with Crippen molar-refractivity contribution < 1.29 is 22.7 Å². The third-order valence-electron chi connectivity index (χ3n) is 6.11. The van der Waals surface area contributed by atoms with Crippen LogP contribution in [0.3, 0.4) is 0 Å². The molecule has 1 N–H and O–H groups in total. The van der Waals surface area contributed by atoms with Crippen LogP contribution in [0.1, 0.15) is 31.9 Å². The summed E-state index contributed by atoms with van der Waals surface area (Å²) in [6, 6.07) is 18.8. The van der Waals surface area contributed by atoms with E-state index in [1.165, 1.54) is 24.1 Å². The first-order valence-electron chi connectivity index (χ1n) is 12.5. The Balaban J connectivity index is 2.02.